The minimum absolute atomic E-state index is 0.0892. The first-order valence-electron chi connectivity index (χ1n) is 7.25. The van der Waals surface area contributed by atoms with Gasteiger partial charge in [0.1, 0.15) is 11.6 Å². The van der Waals surface area contributed by atoms with Crippen molar-refractivity contribution in [1.82, 2.24) is 15.0 Å². The van der Waals surface area contributed by atoms with Crippen LogP contribution in [0.5, 0.6) is 0 Å². The van der Waals surface area contributed by atoms with Crippen molar-refractivity contribution < 1.29 is 14.3 Å². The number of thioether (sulfide) groups is 1. The summed E-state index contributed by atoms with van der Waals surface area (Å²) in [4.78, 5) is 35.4. The van der Waals surface area contributed by atoms with Crippen LogP contribution in [0.15, 0.2) is 11.2 Å². The van der Waals surface area contributed by atoms with E-state index in [1.807, 2.05) is 0 Å². The Morgan fingerprint density at radius 2 is 1.88 bits per heavy atom. The van der Waals surface area contributed by atoms with Gasteiger partial charge in [-0.3, -0.25) is 4.79 Å². The van der Waals surface area contributed by atoms with Gasteiger partial charge in [0.05, 0.1) is 23.6 Å². The number of hydrogen-bond donors (Lipinski definition) is 3. The maximum absolute atomic E-state index is 12.4. The summed E-state index contributed by atoms with van der Waals surface area (Å²) >= 11 is 1.13. The average molecular weight is 349 g/mol. The third kappa shape index (κ3) is 3.85. The van der Waals surface area contributed by atoms with Crippen LogP contribution in [-0.2, 0) is 4.74 Å². The van der Waals surface area contributed by atoms with Crippen molar-refractivity contribution in [2.24, 2.45) is 0 Å². The Kier molecular flexibility index (Phi) is 5.45. The van der Waals surface area contributed by atoms with Crippen LogP contribution >= 0.6 is 11.8 Å². The van der Waals surface area contributed by atoms with Crippen molar-refractivity contribution in [3.05, 3.63) is 28.6 Å². The van der Waals surface area contributed by atoms with Crippen LogP contribution < -0.4 is 11.5 Å². The second kappa shape index (κ2) is 7.35. The molecular weight excluding hydrogens is 330 g/mol. The van der Waals surface area contributed by atoms with Crippen LogP contribution in [0.1, 0.15) is 39.0 Å². The topological polar surface area (TPSA) is 137 Å². The number of nitrogens with one attached hydrogen (secondary N) is 1. The fourth-order valence-electron chi connectivity index (χ4n) is 2.27. The molecule has 5 N–H and O–H groups in total. The normalized spacial score (nSPS) is 10.6. The molecule has 0 aromatic carbocycles. The Bertz CT molecular complexity index is 767. The molecule has 0 aliphatic rings. The second-order valence-electron chi connectivity index (χ2n) is 5.06. The largest absolute Gasteiger partial charge is 0.462 e. The third-order valence-corrected chi connectivity index (χ3v) is 4.12. The van der Waals surface area contributed by atoms with E-state index < -0.39 is 5.97 Å². The first-order valence-corrected chi connectivity index (χ1v) is 8.24. The highest BCUT2D eigenvalue weighted by Gasteiger charge is 2.23. The fraction of sp³-hybridized carbons (Fsp3) is 0.333. The number of aryl methyl sites for hydroxylation is 1. The minimum Gasteiger partial charge on any atom is -0.462 e. The number of Topliss-reactive ketones (excluding diaryl/α,β-unsaturated/α-hetero) is 1. The quantitative estimate of drug-likeness (QED) is 0.310. The number of ketones is 1. The molecule has 24 heavy (non-hydrogen) atoms. The fourth-order valence-corrected chi connectivity index (χ4v) is 3.01. The maximum atomic E-state index is 12.4. The summed E-state index contributed by atoms with van der Waals surface area (Å²) in [6.45, 7) is 5.44. The van der Waals surface area contributed by atoms with Crippen LogP contribution in [0.3, 0.4) is 0 Å². The molecule has 0 fully saturated rings. The van der Waals surface area contributed by atoms with E-state index in [0.717, 1.165) is 11.8 Å². The van der Waals surface area contributed by atoms with E-state index in [1.165, 1.54) is 6.07 Å². The van der Waals surface area contributed by atoms with Gasteiger partial charge in [0.2, 0.25) is 0 Å². The number of H-pyrrole nitrogens is 1. The zero-order chi connectivity index (χ0) is 17.9. The molecule has 2 aromatic heterocycles. The number of nitrogens with zero attached hydrogens (tertiary/aromatic N) is 2. The summed E-state index contributed by atoms with van der Waals surface area (Å²) in [7, 11) is 0. The highest BCUT2D eigenvalue weighted by Crippen LogP contribution is 2.22. The summed E-state index contributed by atoms with van der Waals surface area (Å²) < 4.78 is 5.02. The predicted octanol–water partition coefficient (Wildman–Crippen LogP) is 1.74. The zero-order valence-electron chi connectivity index (χ0n) is 13.7. The van der Waals surface area contributed by atoms with Crippen molar-refractivity contribution in [3.8, 4) is 0 Å². The maximum Gasteiger partial charge on any atom is 0.340 e. The molecule has 0 amide bonds. The number of aromatic nitrogens is 3. The molecule has 0 bridgehead atoms. The van der Waals surface area contributed by atoms with E-state index in [-0.39, 0.29) is 29.8 Å². The van der Waals surface area contributed by atoms with Gasteiger partial charge in [-0.2, -0.15) is 0 Å². The van der Waals surface area contributed by atoms with Gasteiger partial charge in [-0.1, -0.05) is 11.8 Å². The average Bonchev–Trinajstić information content (AvgIpc) is 2.79. The van der Waals surface area contributed by atoms with Gasteiger partial charge in [0.15, 0.2) is 10.9 Å². The standard InChI is InChI=1S/C15H19N5O3S/c1-4-23-14(22)12-7(2)13(18-8(12)3)9(21)6-24-15-19-10(16)5-11(17)20-15/h5,18H,4,6H2,1-3H3,(H4,16,17,19,20). The summed E-state index contributed by atoms with van der Waals surface area (Å²) in [6, 6.07) is 1.44. The van der Waals surface area contributed by atoms with E-state index in [2.05, 4.69) is 15.0 Å². The van der Waals surface area contributed by atoms with Crippen LogP contribution in [0.2, 0.25) is 0 Å². The van der Waals surface area contributed by atoms with Crippen molar-refractivity contribution in [2.75, 3.05) is 23.8 Å². The van der Waals surface area contributed by atoms with E-state index in [1.54, 1.807) is 20.8 Å². The number of ether oxygens (including phenoxy) is 1. The number of rotatable bonds is 6. The van der Waals surface area contributed by atoms with E-state index in [9.17, 15) is 9.59 Å². The van der Waals surface area contributed by atoms with Crippen LogP contribution in [-0.4, -0.2) is 39.1 Å². The number of aromatic amines is 1. The first kappa shape index (κ1) is 17.8. The summed E-state index contributed by atoms with van der Waals surface area (Å²) in [5.74, 6) is -0.0441. The zero-order valence-corrected chi connectivity index (χ0v) is 14.5. The lowest BCUT2D eigenvalue weighted by Gasteiger charge is -2.03. The van der Waals surface area contributed by atoms with E-state index in [4.69, 9.17) is 16.2 Å². The van der Waals surface area contributed by atoms with Crippen LogP contribution in [0, 0.1) is 13.8 Å². The highest BCUT2D eigenvalue weighted by atomic mass is 32.2. The van der Waals surface area contributed by atoms with E-state index >= 15 is 0 Å². The minimum atomic E-state index is -0.442. The molecule has 0 atom stereocenters. The van der Waals surface area contributed by atoms with Gasteiger partial charge in [-0.25, -0.2) is 14.8 Å². The van der Waals surface area contributed by atoms with E-state index in [0.29, 0.717) is 27.7 Å². The molecule has 0 saturated carbocycles. The lowest BCUT2D eigenvalue weighted by atomic mass is 10.1. The molecule has 0 saturated heterocycles. The number of anilines is 2. The smallest absolute Gasteiger partial charge is 0.340 e. The molecule has 2 rings (SSSR count). The SMILES string of the molecule is CCOC(=O)c1c(C)[nH]c(C(=O)CSc2nc(N)cc(N)n2)c1C. The predicted molar refractivity (Wildman–Crippen MR) is 92.1 cm³/mol. The Hall–Kier alpha value is -2.55. The van der Waals surface area contributed by atoms with Gasteiger partial charge in [0.25, 0.3) is 0 Å². The van der Waals surface area contributed by atoms with Gasteiger partial charge < -0.3 is 21.2 Å². The molecule has 8 nitrogen and oxygen atoms in total. The number of carbonyl (C=O) groups excluding carboxylic acids is 2. The van der Waals surface area contributed by atoms with Crippen molar-refractivity contribution >= 4 is 35.2 Å². The molecule has 0 radical (unpaired) electrons. The Morgan fingerprint density at radius 3 is 2.46 bits per heavy atom. The molecule has 2 aromatic rings. The lowest BCUT2D eigenvalue weighted by molar-refractivity contribution is 0.0525. The molecule has 0 aliphatic heterocycles. The second-order valence-corrected chi connectivity index (χ2v) is 6.00. The van der Waals surface area contributed by atoms with Crippen molar-refractivity contribution in [1.29, 1.82) is 0 Å². The highest BCUT2D eigenvalue weighted by molar-refractivity contribution is 7.99. The Morgan fingerprint density at radius 1 is 1.25 bits per heavy atom. The number of hydrogen-bond acceptors (Lipinski definition) is 8. The molecule has 0 unspecified atom stereocenters. The molecule has 2 heterocycles. The Balaban J connectivity index is 2.15. The summed E-state index contributed by atoms with van der Waals surface area (Å²) in [5, 5.41) is 0.326. The molecule has 0 aliphatic carbocycles. The molecule has 0 spiro atoms. The molecule has 9 heteroatoms. The summed E-state index contributed by atoms with van der Waals surface area (Å²) in [5.41, 5.74) is 13.1. The lowest BCUT2D eigenvalue weighted by Crippen LogP contribution is -2.09. The number of nitrogen functional groups attached to an aromatic ring is 2. The van der Waals surface area contributed by atoms with Gasteiger partial charge in [-0.05, 0) is 26.3 Å². The monoisotopic (exact) mass is 349 g/mol. The first-order chi connectivity index (χ1) is 11.3. The van der Waals surface area contributed by atoms with Crippen LogP contribution in [0.25, 0.3) is 0 Å². The van der Waals surface area contributed by atoms with Crippen molar-refractivity contribution in [2.45, 2.75) is 25.9 Å². The van der Waals surface area contributed by atoms with Gasteiger partial charge >= 0.3 is 5.97 Å². The summed E-state index contributed by atoms with van der Waals surface area (Å²) in [6.07, 6.45) is 0. The molecule has 128 valence electrons. The van der Waals surface area contributed by atoms with Gasteiger partial charge in [0, 0.05) is 11.8 Å². The molecular formula is C15H19N5O3S. The number of carbonyl (C=O) groups is 2. The van der Waals surface area contributed by atoms with Crippen molar-refractivity contribution in [3.63, 3.8) is 0 Å². The Labute approximate surface area is 143 Å². The third-order valence-electron chi connectivity index (χ3n) is 3.27. The number of nitrogens with two attached hydrogens (primary N) is 2. The van der Waals surface area contributed by atoms with Crippen LogP contribution in [0.4, 0.5) is 11.6 Å². The van der Waals surface area contributed by atoms with Gasteiger partial charge in [-0.15, -0.1) is 0 Å². The number of esters is 1.